The van der Waals surface area contributed by atoms with Crippen LogP contribution in [-0.2, 0) is 4.79 Å². The quantitative estimate of drug-likeness (QED) is 0.696. The van der Waals surface area contributed by atoms with Gasteiger partial charge in [-0.1, -0.05) is 12.2 Å². The zero-order valence-electron chi connectivity index (χ0n) is 8.29. The van der Waals surface area contributed by atoms with Gasteiger partial charge in [0.2, 0.25) is 5.91 Å². The van der Waals surface area contributed by atoms with E-state index in [0.717, 1.165) is 19.5 Å². The third-order valence-corrected chi connectivity index (χ3v) is 3.44. The normalized spacial score (nSPS) is 23.6. The molecule has 0 radical (unpaired) electrons. The van der Waals surface area contributed by atoms with E-state index in [0.29, 0.717) is 10.4 Å². The third kappa shape index (κ3) is 2.05. The average molecular weight is 212 g/mol. The van der Waals surface area contributed by atoms with Crippen LogP contribution in [0, 0.1) is 5.41 Å². The standard InChI is InChI=1S/C10H16N2OS/c11-8(14)6-9(13)12-5-1-2-10(7-12)3-4-10/h1-7H2,(H2,11,14). The predicted molar refractivity (Wildman–Crippen MR) is 58.9 cm³/mol. The van der Waals surface area contributed by atoms with Gasteiger partial charge in [-0.05, 0) is 31.1 Å². The molecule has 4 heteroatoms. The number of nitrogens with two attached hydrogens (primary N) is 1. The molecule has 1 saturated carbocycles. The molecular weight excluding hydrogens is 196 g/mol. The Morgan fingerprint density at radius 1 is 1.43 bits per heavy atom. The van der Waals surface area contributed by atoms with Crippen molar-refractivity contribution in [1.29, 1.82) is 0 Å². The summed E-state index contributed by atoms with van der Waals surface area (Å²) in [6, 6.07) is 0. The van der Waals surface area contributed by atoms with Crippen LogP contribution >= 0.6 is 12.2 Å². The fourth-order valence-electron chi connectivity index (χ4n) is 2.27. The lowest BCUT2D eigenvalue weighted by Gasteiger charge is -2.33. The molecular formula is C10H16N2OS. The Balaban J connectivity index is 1.90. The Morgan fingerprint density at radius 3 is 2.71 bits per heavy atom. The minimum Gasteiger partial charge on any atom is -0.393 e. The van der Waals surface area contributed by atoms with Gasteiger partial charge in [0.25, 0.3) is 0 Å². The lowest BCUT2D eigenvalue weighted by Crippen LogP contribution is -2.41. The highest BCUT2D eigenvalue weighted by Crippen LogP contribution is 2.51. The second-order valence-electron chi connectivity index (χ2n) is 4.56. The van der Waals surface area contributed by atoms with Gasteiger partial charge in [0.15, 0.2) is 0 Å². The summed E-state index contributed by atoms with van der Waals surface area (Å²) in [5.41, 5.74) is 5.86. The van der Waals surface area contributed by atoms with Gasteiger partial charge in [0.05, 0.1) is 11.4 Å². The Bertz CT molecular complexity index is 273. The molecule has 0 atom stereocenters. The minimum atomic E-state index is 0.114. The smallest absolute Gasteiger partial charge is 0.229 e. The summed E-state index contributed by atoms with van der Waals surface area (Å²) < 4.78 is 0. The second-order valence-corrected chi connectivity index (χ2v) is 5.09. The van der Waals surface area contributed by atoms with Crippen LogP contribution < -0.4 is 5.73 Å². The molecule has 2 N–H and O–H groups in total. The van der Waals surface area contributed by atoms with Gasteiger partial charge in [-0.15, -0.1) is 0 Å². The fourth-order valence-corrected chi connectivity index (χ4v) is 2.39. The summed E-state index contributed by atoms with van der Waals surface area (Å²) in [5, 5.41) is 0. The lowest BCUT2D eigenvalue weighted by molar-refractivity contribution is -0.132. The summed E-state index contributed by atoms with van der Waals surface area (Å²) in [6.45, 7) is 1.83. The highest BCUT2D eigenvalue weighted by atomic mass is 32.1. The molecule has 0 bridgehead atoms. The van der Waals surface area contributed by atoms with Gasteiger partial charge in [-0.2, -0.15) is 0 Å². The van der Waals surface area contributed by atoms with Gasteiger partial charge in [0, 0.05) is 13.1 Å². The minimum absolute atomic E-state index is 0.114. The number of carbonyl (C=O) groups excluding carboxylic acids is 1. The molecule has 1 saturated heterocycles. The van der Waals surface area contributed by atoms with Crippen LogP contribution in [0.1, 0.15) is 32.1 Å². The molecule has 1 heterocycles. The molecule has 0 aromatic carbocycles. The summed E-state index contributed by atoms with van der Waals surface area (Å²) in [7, 11) is 0. The maximum absolute atomic E-state index is 11.7. The Labute approximate surface area is 89.6 Å². The zero-order chi connectivity index (χ0) is 10.2. The Kier molecular flexibility index (Phi) is 2.47. The Morgan fingerprint density at radius 2 is 2.14 bits per heavy atom. The van der Waals surface area contributed by atoms with Crippen molar-refractivity contribution in [1.82, 2.24) is 4.90 Å². The molecule has 3 nitrogen and oxygen atoms in total. The van der Waals surface area contributed by atoms with Gasteiger partial charge >= 0.3 is 0 Å². The van der Waals surface area contributed by atoms with Crippen molar-refractivity contribution < 1.29 is 4.79 Å². The number of rotatable bonds is 2. The van der Waals surface area contributed by atoms with Crippen LogP contribution in [0.5, 0.6) is 0 Å². The maximum atomic E-state index is 11.7. The Hall–Kier alpha value is -0.640. The molecule has 1 amide bonds. The summed E-state index contributed by atoms with van der Waals surface area (Å²) >= 11 is 4.74. The number of piperidine rings is 1. The summed E-state index contributed by atoms with van der Waals surface area (Å²) in [4.78, 5) is 13.9. The van der Waals surface area contributed by atoms with E-state index in [4.69, 9.17) is 18.0 Å². The first-order valence-electron chi connectivity index (χ1n) is 5.17. The molecule has 78 valence electrons. The molecule has 1 aliphatic heterocycles. The fraction of sp³-hybridized carbons (Fsp3) is 0.800. The molecule has 14 heavy (non-hydrogen) atoms. The van der Waals surface area contributed by atoms with Crippen LogP contribution in [0.15, 0.2) is 0 Å². The van der Waals surface area contributed by atoms with Crippen molar-refractivity contribution in [3.05, 3.63) is 0 Å². The van der Waals surface area contributed by atoms with E-state index in [2.05, 4.69) is 0 Å². The van der Waals surface area contributed by atoms with Crippen LogP contribution in [0.2, 0.25) is 0 Å². The highest BCUT2D eigenvalue weighted by Gasteiger charge is 2.46. The van der Waals surface area contributed by atoms with Crippen molar-refractivity contribution >= 4 is 23.1 Å². The number of nitrogens with zero attached hydrogens (tertiary/aromatic N) is 1. The van der Waals surface area contributed by atoms with Crippen LogP contribution in [0.3, 0.4) is 0 Å². The number of thiocarbonyl (C=S) groups is 1. The van der Waals surface area contributed by atoms with Gasteiger partial charge in [-0.25, -0.2) is 0 Å². The van der Waals surface area contributed by atoms with Crippen molar-refractivity contribution in [3.63, 3.8) is 0 Å². The predicted octanol–water partition coefficient (Wildman–Crippen LogP) is 1.07. The first-order valence-corrected chi connectivity index (χ1v) is 5.58. The van der Waals surface area contributed by atoms with Gasteiger partial charge in [-0.3, -0.25) is 4.79 Å². The number of hydrogen-bond donors (Lipinski definition) is 1. The highest BCUT2D eigenvalue weighted by molar-refractivity contribution is 7.80. The summed E-state index contributed by atoms with van der Waals surface area (Å²) in [5.74, 6) is 0.114. The van der Waals surface area contributed by atoms with E-state index >= 15 is 0 Å². The maximum Gasteiger partial charge on any atom is 0.229 e. The topological polar surface area (TPSA) is 46.3 Å². The molecule has 2 aliphatic rings. The van der Waals surface area contributed by atoms with Crippen molar-refractivity contribution in [2.75, 3.05) is 13.1 Å². The van der Waals surface area contributed by atoms with E-state index in [1.165, 1.54) is 19.3 Å². The van der Waals surface area contributed by atoms with E-state index in [9.17, 15) is 4.79 Å². The number of hydrogen-bond acceptors (Lipinski definition) is 2. The third-order valence-electron chi connectivity index (χ3n) is 3.30. The molecule has 2 rings (SSSR count). The van der Waals surface area contributed by atoms with E-state index in [1.807, 2.05) is 4.90 Å². The van der Waals surface area contributed by atoms with Crippen molar-refractivity contribution in [2.24, 2.45) is 11.1 Å². The SMILES string of the molecule is NC(=S)CC(=O)N1CCCC2(CC2)C1. The molecule has 0 aromatic rings. The van der Waals surface area contributed by atoms with Crippen LogP contribution in [-0.4, -0.2) is 28.9 Å². The lowest BCUT2D eigenvalue weighted by atomic mass is 9.95. The van der Waals surface area contributed by atoms with Crippen LogP contribution in [0.25, 0.3) is 0 Å². The number of amides is 1. The monoisotopic (exact) mass is 212 g/mol. The molecule has 1 aliphatic carbocycles. The largest absolute Gasteiger partial charge is 0.393 e. The van der Waals surface area contributed by atoms with Crippen molar-refractivity contribution in [3.8, 4) is 0 Å². The first kappa shape index (κ1) is 9.90. The molecule has 0 unspecified atom stereocenters. The molecule has 2 fully saturated rings. The number of carbonyl (C=O) groups is 1. The second kappa shape index (κ2) is 3.50. The molecule has 0 aromatic heterocycles. The average Bonchev–Trinajstić information content (AvgIpc) is 2.84. The molecule has 1 spiro atoms. The van der Waals surface area contributed by atoms with E-state index in [-0.39, 0.29) is 12.3 Å². The van der Waals surface area contributed by atoms with E-state index < -0.39 is 0 Å². The van der Waals surface area contributed by atoms with Crippen LogP contribution in [0.4, 0.5) is 0 Å². The van der Waals surface area contributed by atoms with Crippen molar-refractivity contribution in [2.45, 2.75) is 32.1 Å². The van der Waals surface area contributed by atoms with E-state index in [1.54, 1.807) is 0 Å². The van der Waals surface area contributed by atoms with Gasteiger partial charge < -0.3 is 10.6 Å². The zero-order valence-corrected chi connectivity index (χ0v) is 9.11. The summed E-state index contributed by atoms with van der Waals surface area (Å²) in [6.07, 6.45) is 5.27. The van der Waals surface area contributed by atoms with Gasteiger partial charge in [0.1, 0.15) is 0 Å². The first-order chi connectivity index (χ1) is 6.61. The number of likely N-dealkylation sites (tertiary alicyclic amines) is 1.